The fourth-order valence-electron chi connectivity index (χ4n) is 1.53. The lowest BCUT2D eigenvalue weighted by Gasteiger charge is -2.30. The maximum atomic E-state index is 13.1. The van der Waals surface area contributed by atoms with Gasteiger partial charge in [0.15, 0.2) is 0 Å². The quantitative estimate of drug-likeness (QED) is 0.744. The zero-order chi connectivity index (χ0) is 12.5. The summed E-state index contributed by atoms with van der Waals surface area (Å²) >= 11 is 5.54. The summed E-state index contributed by atoms with van der Waals surface area (Å²) in [6, 6.07) is 3.05. The number of halogens is 3. The molecule has 0 aliphatic carbocycles. The van der Waals surface area contributed by atoms with Crippen molar-refractivity contribution in [1.82, 2.24) is 0 Å². The van der Waals surface area contributed by atoms with E-state index in [9.17, 15) is 13.6 Å². The molecule has 1 atom stereocenters. The van der Waals surface area contributed by atoms with E-state index < -0.39 is 22.3 Å². The standard InChI is InChI=1S/C12H13ClF2O/c1-7(2)12(3,11(13)16)8-4-9(14)6-10(15)5-8/h4-7H,1-3H3. The predicted molar refractivity (Wildman–Crippen MR) is 59.4 cm³/mol. The van der Waals surface area contributed by atoms with Crippen molar-refractivity contribution in [3.05, 3.63) is 35.4 Å². The minimum atomic E-state index is -1.08. The smallest absolute Gasteiger partial charge is 0.232 e. The molecule has 0 fully saturated rings. The molecule has 1 unspecified atom stereocenters. The van der Waals surface area contributed by atoms with Gasteiger partial charge in [0.25, 0.3) is 0 Å². The number of hydrogen-bond acceptors (Lipinski definition) is 1. The average Bonchev–Trinajstić information content (AvgIpc) is 2.14. The van der Waals surface area contributed by atoms with Crippen molar-refractivity contribution >= 4 is 16.8 Å². The van der Waals surface area contributed by atoms with Crippen molar-refractivity contribution in [2.45, 2.75) is 26.2 Å². The molecule has 0 bridgehead atoms. The molecule has 0 radical (unpaired) electrons. The average molecular weight is 247 g/mol. The highest BCUT2D eigenvalue weighted by Gasteiger charge is 2.37. The monoisotopic (exact) mass is 246 g/mol. The SMILES string of the molecule is CC(C)C(C)(C(=O)Cl)c1cc(F)cc(F)c1. The number of hydrogen-bond donors (Lipinski definition) is 0. The number of carbonyl (C=O) groups excluding carboxylic acids is 1. The molecule has 0 aliphatic heterocycles. The van der Waals surface area contributed by atoms with E-state index in [-0.39, 0.29) is 11.5 Å². The van der Waals surface area contributed by atoms with Gasteiger partial charge in [0, 0.05) is 6.07 Å². The molecule has 0 saturated heterocycles. The molecule has 0 aliphatic rings. The maximum Gasteiger partial charge on any atom is 0.232 e. The lowest BCUT2D eigenvalue weighted by Crippen LogP contribution is -2.35. The highest BCUT2D eigenvalue weighted by atomic mass is 35.5. The van der Waals surface area contributed by atoms with Crippen LogP contribution in [-0.2, 0) is 10.2 Å². The molecule has 88 valence electrons. The van der Waals surface area contributed by atoms with Crippen LogP contribution in [0.15, 0.2) is 18.2 Å². The Hall–Kier alpha value is -0.960. The normalized spacial score (nSPS) is 14.9. The van der Waals surface area contributed by atoms with E-state index in [1.807, 2.05) is 0 Å². The van der Waals surface area contributed by atoms with Crippen LogP contribution in [0.1, 0.15) is 26.3 Å². The molecule has 0 saturated carbocycles. The highest BCUT2D eigenvalue weighted by molar-refractivity contribution is 6.65. The largest absolute Gasteiger partial charge is 0.280 e. The van der Waals surface area contributed by atoms with Crippen LogP contribution in [0.5, 0.6) is 0 Å². The number of rotatable bonds is 3. The topological polar surface area (TPSA) is 17.1 Å². The minimum absolute atomic E-state index is 0.154. The Balaban J connectivity index is 3.38. The van der Waals surface area contributed by atoms with Gasteiger partial charge in [-0.1, -0.05) is 13.8 Å². The van der Waals surface area contributed by atoms with E-state index in [2.05, 4.69) is 0 Å². The lowest BCUT2D eigenvalue weighted by molar-refractivity contribution is -0.117. The van der Waals surface area contributed by atoms with Crippen LogP contribution in [0.4, 0.5) is 8.78 Å². The molecule has 1 aromatic rings. The van der Waals surface area contributed by atoms with E-state index in [1.54, 1.807) is 20.8 Å². The van der Waals surface area contributed by atoms with Gasteiger partial charge < -0.3 is 0 Å². The second-order valence-electron chi connectivity index (χ2n) is 4.29. The van der Waals surface area contributed by atoms with Crippen LogP contribution in [0.2, 0.25) is 0 Å². The fraction of sp³-hybridized carbons (Fsp3) is 0.417. The third-order valence-corrected chi connectivity index (χ3v) is 3.42. The van der Waals surface area contributed by atoms with Crippen molar-refractivity contribution in [1.29, 1.82) is 0 Å². The summed E-state index contributed by atoms with van der Waals surface area (Å²) in [5.74, 6) is -1.57. The van der Waals surface area contributed by atoms with Crippen molar-refractivity contribution < 1.29 is 13.6 Å². The Labute approximate surface area is 98.4 Å². The van der Waals surface area contributed by atoms with Gasteiger partial charge in [-0.2, -0.15) is 0 Å². The van der Waals surface area contributed by atoms with E-state index in [1.165, 1.54) is 0 Å². The van der Waals surface area contributed by atoms with Gasteiger partial charge in [0.1, 0.15) is 11.6 Å². The predicted octanol–water partition coefficient (Wildman–Crippen LogP) is 3.64. The van der Waals surface area contributed by atoms with Crippen molar-refractivity contribution in [3.63, 3.8) is 0 Å². The van der Waals surface area contributed by atoms with E-state index >= 15 is 0 Å². The first kappa shape index (κ1) is 13.1. The molecule has 0 amide bonds. The molecule has 1 aromatic carbocycles. The second kappa shape index (κ2) is 4.50. The van der Waals surface area contributed by atoms with Crippen LogP contribution in [0.3, 0.4) is 0 Å². The van der Waals surface area contributed by atoms with E-state index in [4.69, 9.17) is 11.6 Å². The summed E-state index contributed by atoms with van der Waals surface area (Å²) in [6.07, 6.45) is 0. The third-order valence-electron chi connectivity index (χ3n) is 3.03. The number of carbonyl (C=O) groups is 1. The van der Waals surface area contributed by atoms with Gasteiger partial charge in [-0.25, -0.2) is 8.78 Å². The molecule has 4 heteroatoms. The second-order valence-corrected chi connectivity index (χ2v) is 4.63. The molecule has 0 aromatic heterocycles. The zero-order valence-corrected chi connectivity index (χ0v) is 10.1. The van der Waals surface area contributed by atoms with Gasteiger partial charge in [-0.15, -0.1) is 0 Å². The Bertz CT molecular complexity index is 397. The molecule has 0 N–H and O–H groups in total. The summed E-state index contributed by atoms with van der Waals surface area (Å²) in [4.78, 5) is 11.5. The van der Waals surface area contributed by atoms with Crippen LogP contribution in [0, 0.1) is 17.6 Å². The summed E-state index contributed by atoms with van der Waals surface area (Å²) in [7, 11) is 0. The van der Waals surface area contributed by atoms with Crippen LogP contribution < -0.4 is 0 Å². The minimum Gasteiger partial charge on any atom is -0.280 e. The van der Waals surface area contributed by atoms with E-state index in [0.717, 1.165) is 18.2 Å². The van der Waals surface area contributed by atoms with Gasteiger partial charge in [-0.05, 0) is 42.1 Å². The molecule has 0 heterocycles. The first-order valence-corrected chi connectivity index (χ1v) is 5.32. The summed E-state index contributed by atoms with van der Waals surface area (Å²) < 4.78 is 26.2. The highest BCUT2D eigenvalue weighted by Crippen LogP contribution is 2.35. The third kappa shape index (κ3) is 2.24. The molecular weight excluding hydrogens is 234 g/mol. The van der Waals surface area contributed by atoms with Gasteiger partial charge in [-0.3, -0.25) is 4.79 Å². The molecular formula is C12H13ClF2O. The molecule has 0 spiro atoms. The summed E-state index contributed by atoms with van der Waals surface area (Å²) in [6.45, 7) is 5.15. The summed E-state index contributed by atoms with van der Waals surface area (Å²) in [5, 5.41) is -0.618. The molecule has 1 nitrogen and oxygen atoms in total. The zero-order valence-electron chi connectivity index (χ0n) is 9.35. The van der Waals surface area contributed by atoms with Crippen molar-refractivity contribution in [3.8, 4) is 0 Å². The van der Waals surface area contributed by atoms with Crippen LogP contribution in [0.25, 0.3) is 0 Å². The Morgan fingerprint density at radius 3 is 2.00 bits per heavy atom. The first-order chi connectivity index (χ1) is 7.28. The lowest BCUT2D eigenvalue weighted by atomic mass is 9.74. The Kier molecular flexibility index (Phi) is 3.68. The van der Waals surface area contributed by atoms with Crippen molar-refractivity contribution in [2.75, 3.05) is 0 Å². The van der Waals surface area contributed by atoms with Gasteiger partial charge >= 0.3 is 0 Å². The van der Waals surface area contributed by atoms with Crippen LogP contribution in [-0.4, -0.2) is 5.24 Å². The molecule has 1 rings (SSSR count). The fourth-order valence-corrected chi connectivity index (χ4v) is 1.85. The van der Waals surface area contributed by atoms with E-state index in [0.29, 0.717) is 0 Å². The van der Waals surface area contributed by atoms with Crippen LogP contribution >= 0.6 is 11.6 Å². The maximum absolute atomic E-state index is 13.1. The Morgan fingerprint density at radius 1 is 1.25 bits per heavy atom. The first-order valence-electron chi connectivity index (χ1n) is 4.95. The number of benzene rings is 1. The molecule has 16 heavy (non-hydrogen) atoms. The van der Waals surface area contributed by atoms with Gasteiger partial charge in [0.2, 0.25) is 5.24 Å². The summed E-state index contributed by atoms with van der Waals surface area (Å²) in [5.41, 5.74) is -0.815. The Morgan fingerprint density at radius 2 is 1.69 bits per heavy atom. The van der Waals surface area contributed by atoms with Gasteiger partial charge in [0.05, 0.1) is 5.41 Å². The van der Waals surface area contributed by atoms with Crippen molar-refractivity contribution in [2.24, 2.45) is 5.92 Å².